The number of imide groups is 1. The van der Waals surface area contributed by atoms with Gasteiger partial charge in [0.15, 0.2) is 0 Å². The molecule has 1 aromatic rings. The Hall–Kier alpha value is -1.95. The summed E-state index contributed by atoms with van der Waals surface area (Å²) >= 11 is 0. The van der Waals surface area contributed by atoms with Gasteiger partial charge in [0.25, 0.3) is 5.56 Å². The number of hydrogen-bond donors (Lipinski definition) is 2. The van der Waals surface area contributed by atoms with E-state index in [1.54, 1.807) is 12.3 Å². The van der Waals surface area contributed by atoms with Gasteiger partial charge in [-0.25, -0.2) is 0 Å². The van der Waals surface area contributed by atoms with Crippen molar-refractivity contribution < 1.29 is 9.59 Å². The van der Waals surface area contributed by atoms with Gasteiger partial charge in [0.2, 0.25) is 11.8 Å². The van der Waals surface area contributed by atoms with Crippen molar-refractivity contribution >= 4 is 11.8 Å². The predicted octanol–water partition coefficient (Wildman–Crippen LogP) is 1.32. The molecule has 6 nitrogen and oxygen atoms in total. The second-order valence-corrected chi connectivity index (χ2v) is 5.70. The maximum absolute atomic E-state index is 12.3. The van der Waals surface area contributed by atoms with Gasteiger partial charge in [0.1, 0.15) is 6.04 Å². The molecule has 2 fully saturated rings. The molecule has 23 heavy (non-hydrogen) atoms. The Kier molecular flexibility index (Phi) is 6.10. The molecule has 1 atom stereocenters. The average Bonchev–Trinajstić information content (AvgIpc) is 2.58. The summed E-state index contributed by atoms with van der Waals surface area (Å²) in [5.41, 5.74) is 0.880. The Balaban J connectivity index is 0.000000924. The summed E-state index contributed by atoms with van der Waals surface area (Å²) < 4.78 is 1.44. The van der Waals surface area contributed by atoms with E-state index in [-0.39, 0.29) is 23.8 Å². The molecule has 1 unspecified atom stereocenters. The second kappa shape index (κ2) is 8.06. The summed E-state index contributed by atoms with van der Waals surface area (Å²) in [4.78, 5) is 35.3. The fraction of sp³-hybridized carbons (Fsp3) is 0.588. The van der Waals surface area contributed by atoms with Gasteiger partial charge in [-0.05, 0) is 49.9 Å². The Labute approximate surface area is 136 Å². The lowest BCUT2D eigenvalue weighted by molar-refractivity contribution is -0.135. The van der Waals surface area contributed by atoms with E-state index in [2.05, 4.69) is 10.6 Å². The number of aromatic nitrogens is 1. The van der Waals surface area contributed by atoms with Gasteiger partial charge in [0.05, 0.1) is 0 Å². The highest BCUT2D eigenvalue weighted by atomic mass is 16.2. The zero-order chi connectivity index (χ0) is 16.8. The van der Waals surface area contributed by atoms with Crippen molar-refractivity contribution in [2.45, 2.75) is 51.5 Å². The maximum Gasteiger partial charge on any atom is 0.251 e. The van der Waals surface area contributed by atoms with Gasteiger partial charge in [-0.1, -0.05) is 13.8 Å². The van der Waals surface area contributed by atoms with Crippen molar-refractivity contribution in [1.29, 1.82) is 0 Å². The molecule has 0 aromatic carbocycles. The molecule has 3 heterocycles. The second-order valence-electron chi connectivity index (χ2n) is 5.70. The molecule has 3 rings (SSSR count). The van der Waals surface area contributed by atoms with Crippen LogP contribution >= 0.6 is 0 Å². The van der Waals surface area contributed by atoms with E-state index in [0.717, 1.165) is 31.5 Å². The molecule has 2 N–H and O–H groups in total. The fourth-order valence-electron chi connectivity index (χ4n) is 3.12. The van der Waals surface area contributed by atoms with Gasteiger partial charge in [0, 0.05) is 18.7 Å². The lowest BCUT2D eigenvalue weighted by atomic mass is 9.91. The first-order valence-electron chi connectivity index (χ1n) is 8.41. The number of rotatable bonds is 2. The minimum Gasteiger partial charge on any atom is -0.317 e. The lowest BCUT2D eigenvalue weighted by Crippen LogP contribution is -2.44. The minimum atomic E-state index is -0.572. The third-order valence-corrected chi connectivity index (χ3v) is 4.33. The van der Waals surface area contributed by atoms with Gasteiger partial charge in [-0.2, -0.15) is 0 Å². The van der Waals surface area contributed by atoms with Crippen molar-refractivity contribution in [2.75, 3.05) is 13.1 Å². The molecule has 2 saturated heterocycles. The number of amides is 2. The molecular weight excluding hydrogens is 294 g/mol. The van der Waals surface area contributed by atoms with Crippen molar-refractivity contribution in [3.8, 4) is 0 Å². The Morgan fingerprint density at radius 3 is 2.39 bits per heavy atom. The van der Waals surface area contributed by atoms with Crippen LogP contribution in [-0.2, 0) is 9.59 Å². The predicted molar refractivity (Wildman–Crippen MR) is 88.3 cm³/mol. The van der Waals surface area contributed by atoms with Gasteiger partial charge < -0.3 is 9.88 Å². The SMILES string of the molecule is CC.O=C1CCC(n2ccc(C3CCNCC3)cc2=O)C(=O)N1. The molecule has 2 aliphatic rings. The topological polar surface area (TPSA) is 80.2 Å². The zero-order valence-electron chi connectivity index (χ0n) is 13.8. The van der Waals surface area contributed by atoms with Crippen LogP contribution in [0, 0.1) is 0 Å². The van der Waals surface area contributed by atoms with Crippen molar-refractivity contribution in [2.24, 2.45) is 0 Å². The maximum atomic E-state index is 12.3. The van der Waals surface area contributed by atoms with E-state index >= 15 is 0 Å². The Morgan fingerprint density at radius 1 is 1.09 bits per heavy atom. The summed E-state index contributed by atoms with van der Waals surface area (Å²) in [6, 6.07) is 3.00. The van der Waals surface area contributed by atoms with Crippen molar-refractivity contribution in [3.05, 3.63) is 34.2 Å². The molecule has 0 spiro atoms. The van der Waals surface area contributed by atoms with Gasteiger partial charge in [-0.15, -0.1) is 0 Å². The third kappa shape index (κ3) is 4.07. The molecular formula is C17H25N3O3. The van der Waals surface area contributed by atoms with Gasteiger partial charge >= 0.3 is 0 Å². The van der Waals surface area contributed by atoms with E-state index < -0.39 is 6.04 Å². The number of carbonyl (C=O) groups excluding carboxylic acids is 2. The Morgan fingerprint density at radius 2 is 1.78 bits per heavy atom. The minimum absolute atomic E-state index is 0.166. The molecule has 0 saturated carbocycles. The van der Waals surface area contributed by atoms with E-state index in [0.29, 0.717) is 12.3 Å². The number of hydrogen-bond acceptors (Lipinski definition) is 4. The van der Waals surface area contributed by atoms with Crippen LogP contribution in [0.25, 0.3) is 0 Å². The number of piperidine rings is 2. The highest BCUT2D eigenvalue weighted by molar-refractivity contribution is 5.99. The Bertz CT molecular complexity index is 618. The standard InChI is InChI=1S/C15H19N3O3.C2H6/c19-13-2-1-12(15(21)17-13)18-8-5-11(9-14(18)20)10-3-6-16-7-4-10;1-2/h5,8-10,12,16H,1-4,6-7H2,(H,17,19,21);1-2H3. The fourth-order valence-corrected chi connectivity index (χ4v) is 3.12. The first kappa shape index (κ1) is 17.4. The molecule has 0 radical (unpaired) electrons. The highest BCUT2D eigenvalue weighted by Gasteiger charge is 2.28. The quantitative estimate of drug-likeness (QED) is 0.806. The average molecular weight is 319 g/mol. The first-order chi connectivity index (χ1) is 11.1. The van der Waals surface area contributed by atoms with Crippen molar-refractivity contribution in [3.63, 3.8) is 0 Å². The number of pyridine rings is 1. The summed E-state index contributed by atoms with van der Waals surface area (Å²) in [6.07, 6.45) is 4.42. The smallest absolute Gasteiger partial charge is 0.251 e. The molecule has 1 aromatic heterocycles. The summed E-state index contributed by atoms with van der Waals surface area (Å²) in [7, 11) is 0. The van der Waals surface area contributed by atoms with Crippen LogP contribution in [0.4, 0.5) is 0 Å². The van der Waals surface area contributed by atoms with Gasteiger partial charge in [-0.3, -0.25) is 19.7 Å². The van der Waals surface area contributed by atoms with E-state index in [4.69, 9.17) is 0 Å². The van der Waals surface area contributed by atoms with E-state index in [1.165, 1.54) is 4.57 Å². The van der Waals surface area contributed by atoms with Crippen LogP contribution in [0.15, 0.2) is 23.1 Å². The third-order valence-electron chi connectivity index (χ3n) is 4.33. The monoisotopic (exact) mass is 319 g/mol. The number of carbonyl (C=O) groups is 2. The molecule has 2 aliphatic heterocycles. The van der Waals surface area contributed by atoms with Crippen molar-refractivity contribution in [1.82, 2.24) is 15.2 Å². The number of nitrogens with zero attached hydrogens (tertiary/aromatic N) is 1. The van der Waals surface area contributed by atoms with Crippen LogP contribution < -0.4 is 16.2 Å². The van der Waals surface area contributed by atoms with Crippen LogP contribution in [0.1, 0.15) is 57.1 Å². The molecule has 0 bridgehead atoms. The molecule has 0 aliphatic carbocycles. The highest BCUT2D eigenvalue weighted by Crippen LogP contribution is 2.24. The normalized spacial score (nSPS) is 22.1. The molecule has 6 heteroatoms. The summed E-state index contributed by atoms with van der Waals surface area (Å²) in [6.45, 7) is 5.95. The van der Waals surface area contributed by atoms with Crippen LogP contribution in [0.3, 0.4) is 0 Å². The van der Waals surface area contributed by atoms with Crippen LogP contribution in [0.2, 0.25) is 0 Å². The van der Waals surface area contributed by atoms with E-state index in [1.807, 2.05) is 19.9 Å². The summed E-state index contributed by atoms with van der Waals surface area (Å²) in [5.74, 6) is -0.242. The number of nitrogens with one attached hydrogen (secondary N) is 2. The summed E-state index contributed by atoms with van der Waals surface area (Å²) in [5, 5.41) is 5.59. The van der Waals surface area contributed by atoms with Crippen LogP contribution in [-0.4, -0.2) is 29.5 Å². The zero-order valence-corrected chi connectivity index (χ0v) is 13.8. The lowest BCUT2D eigenvalue weighted by Gasteiger charge is -2.25. The largest absolute Gasteiger partial charge is 0.317 e. The molecule has 126 valence electrons. The van der Waals surface area contributed by atoms with E-state index in [9.17, 15) is 14.4 Å². The first-order valence-corrected chi connectivity index (χ1v) is 8.41. The van der Waals surface area contributed by atoms with Crippen LogP contribution in [0.5, 0.6) is 0 Å². The molecule has 2 amide bonds.